The number of hydrogen-bond donors (Lipinski definition) is 1. The second-order valence-corrected chi connectivity index (χ2v) is 4.85. The third-order valence-electron chi connectivity index (χ3n) is 1.61. The highest BCUT2D eigenvalue weighted by Gasteiger charge is 2.27. The molecule has 1 aromatic heterocycles. The Bertz CT molecular complexity index is 374. The van der Waals surface area contributed by atoms with Crippen LogP contribution in [-0.4, -0.2) is 30.9 Å². The molecule has 8 heteroatoms. The fourth-order valence-electron chi connectivity index (χ4n) is 0.974. The normalized spacial score (nSPS) is 11.6. The predicted octanol–water partition coefficient (Wildman–Crippen LogP) is 3.60. The largest absolute Gasteiger partial charge is 0.411 e. The zero-order valence-corrected chi connectivity index (χ0v) is 11.7. The molecule has 3 nitrogen and oxygen atoms in total. The average molecular weight is 378 g/mol. The zero-order valence-electron chi connectivity index (χ0n) is 8.52. The Morgan fingerprint density at radius 1 is 1.35 bits per heavy atom. The second kappa shape index (κ2) is 6.55. The number of anilines is 1. The molecule has 0 aliphatic heterocycles. The smallest absolute Gasteiger partial charge is 0.370 e. The van der Waals surface area contributed by atoms with Crippen molar-refractivity contribution >= 4 is 37.7 Å². The van der Waals surface area contributed by atoms with Crippen molar-refractivity contribution in [3.05, 3.63) is 21.2 Å². The molecule has 0 aromatic carbocycles. The van der Waals surface area contributed by atoms with Crippen LogP contribution in [0.3, 0.4) is 0 Å². The van der Waals surface area contributed by atoms with Crippen molar-refractivity contribution in [2.45, 2.75) is 6.18 Å². The molecule has 0 unspecified atom stereocenters. The first-order valence-corrected chi connectivity index (χ1v) is 6.16. The van der Waals surface area contributed by atoms with E-state index >= 15 is 0 Å². The lowest BCUT2D eigenvalue weighted by Gasteiger charge is -2.09. The van der Waals surface area contributed by atoms with Gasteiger partial charge in [-0.2, -0.15) is 13.2 Å². The van der Waals surface area contributed by atoms with E-state index in [1.54, 1.807) is 12.3 Å². The molecule has 0 amide bonds. The van der Waals surface area contributed by atoms with Crippen LogP contribution in [0, 0.1) is 0 Å². The first-order chi connectivity index (χ1) is 7.88. The van der Waals surface area contributed by atoms with Crippen molar-refractivity contribution in [2.24, 2.45) is 0 Å². The van der Waals surface area contributed by atoms with Crippen molar-refractivity contribution in [3.8, 4) is 0 Å². The van der Waals surface area contributed by atoms with Gasteiger partial charge in [-0.25, -0.2) is 4.98 Å². The Morgan fingerprint density at radius 2 is 2.06 bits per heavy atom. The fourth-order valence-corrected chi connectivity index (χ4v) is 2.10. The monoisotopic (exact) mass is 376 g/mol. The molecule has 0 atom stereocenters. The molecule has 0 bridgehead atoms. The van der Waals surface area contributed by atoms with Crippen LogP contribution >= 0.6 is 31.9 Å². The zero-order chi connectivity index (χ0) is 12.9. The van der Waals surface area contributed by atoms with Crippen molar-refractivity contribution in [1.29, 1.82) is 0 Å². The summed E-state index contributed by atoms with van der Waals surface area (Å²) in [5, 5.41) is 2.86. The number of aromatic nitrogens is 1. The summed E-state index contributed by atoms with van der Waals surface area (Å²) in [7, 11) is 0. The summed E-state index contributed by atoms with van der Waals surface area (Å²) in [6, 6.07) is 1.78. The Kier molecular flexibility index (Phi) is 5.68. The van der Waals surface area contributed by atoms with Gasteiger partial charge in [0.1, 0.15) is 12.4 Å². The Hall–Kier alpha value is -0.340. The van der Waals surface area contributed by atoms with Gasteiger partial charge in [0.2, 0.25) is 0 Å². The van der Waals surface area contributed by atoms with Crippen molar-refractivity contribution in [3.63, 3.8) is 0 Å². The summed E-state index contributed by atoms with van der Waals surface area (Å²) < 4.78 is 41.2. The van der Waals surface area contributed by atoms with E-state index < -0.39 is 12.8 Å². The van der Waals surface area contributed by atoms with Crippen LogP contribution in [-0.2, 0) is 4.74 Å². The van der Waals surface area contributed by atoms with Crippen LogP contribution in [0.15, 0.2) is 21.2 Å². The molecule has 0 spiro atoms. The van der Waals surface area contributed by atoms with Crippen LogP contribution in [0.2, 0.25) is 0 Å². The lowest BCUT2D eigenvalue weighted by Crippen LogP contribution is -2.20. The third-order valence-corrected chi connectivity index (χ3v) is 2.65. The molecular formula is C9H9Br2F3N2O. The molecule has 0 aliphatic carbocycles. The standard InChI is InChI=1S/C9H9Br2F3N2O/c10-6-3-7(11)8(16-4-6)15-1-2-17-5-9(12,13)14/h3-4H,1-2,5H2,(H,15,16). The number of rotatable bonds is 5. The minimum Gasteiger partial charge on any atom is -0.370 e. The van der Waals surface area contributed by atoms with Gasteiger partial charge in [0.25, 0.3) is 0 Å². The summed E-state index contributed by atoms with van der Waals surface area (Å²) in [5.74, 6) is 0.559. The van der Waals surface area contributed by atoms with E-state index in [4.69, 9.17) is 0 Å². The predicted molar refractivity (Wildman–Crippen MR) is 65.0 cm³/mol. The first kappa shape index (κ1) is 14.7. The summed E-state index contributed by atoms with van der Waals surface area (Å²) in [6.07, 6.45) is -2.69. The lowest BCUT2D eigenvalue weighted by molar-refractivity contribution is -0.172. The number of nitrogens with one attached hydrogen (secondary N) is 1. The van der Waals surface area contributed by atoms with E-state index in [1.807, 2.05) is 0 Å². The molecule has 17 heavy (non-hydrogen) atoms. The van der Waals surface area contributed by atoms with Crippen LogP contribution < -0.4 is 5.32 Å². The van der Waals surface area contributed by atoms with Crippen LogP contribution in [0.4, 0.5) is 19.0 Å². The van der Waals surface area contributed by atoms with E-state index in [9.17, 15) is 13.2 Å². The molecule has 0 saturated carbocycles. The number of nitrogens with zero attached hydrogens (tertiary/aromatic N) is 1. The van der Waals surface area contributed by atoms with Gasteiger partial charge in [-0.1, -0.05) is 0 Å². The highest BCUT2D eigenvalue weighted by molar-refractivity contribution is 9.11. The van der Waals surface area contributed by atoms with Gasteiger partial charge in [0.15, 0.2) is 0 Å². The lowest BCUT2D eigenvalue weighted by atomic mass is 10.4. The van der Waals surface area contributed by atoms with Crippen molar-refractivity contribution < 1.29 is 17.9 Å². The topological polar surface area (TPSA) is 34.1 Å². The van der Waals surface area contributed by atoms with Crippen molar-refractivity contribution in [2.75, 3.05) is 25.1 Å². The molecule has 0 radical (unpaired) electrons. The maximum Gasteiger partial charge on any atom is 0.411 e. The van der Waals surface area contributed by atoms with Gasteiger partial charge < -0.3 is 10.1 Å². The van der Waals surface area contributed by atoms with Gasteiger partial charge in [0.05, 0.1) is 11.1 Å². The number of ether oxygens (including phenoxy) is 1. The SMILES string of the molecule is FC(F)(F)COCCNc1ncc(Br)cc1Br. The Morgan fingerprint density at radius 3 is 2.65 bits per heavy atom. The average Bonchev–Trinajstić information content (AvgIpc) is 2.18. The van der Waals surface area contributed by atoms with Crippen LogP contribution in [0.1, 0.15) is 0 Å². The number of hydrogen-bond acceptors (Lipinski definition) is 3. The van der Waals surface area contributed by atoms with Gasteiger partial charge in [-0.3, -0.25) is 0 Å². The molecule has 0 aliphatic rings. The Labute approximate surface area is 113 Å². The summed E-state index contributed by atoms with van der Waals surface area (Å²) >= 11 is 6.51. The number of halogens is 5. The molecule has 0 saturated heterocycles. The summed E-state index contributed by atoms with van der Waals surface area (Å²) in [4.78, 5) is 4.04. The molecular weight excluding hydrogens is 369 g/mol. The maximum atomic E-state index is 11.7. The highest BCUT2D eigenvalue weighted by atomic mass is 79.9. The minimum atomic E-state index is -4.28. The van der Waals surface area contributed by atoms with Crippen molar-refractivity contribution in [1.82, 2.24) is 4.98 Å². The third kappa shape index (κ3) is 6.23. The van der Waals surface area contributed by atoms with Crippen LogP contribution in [0.25, 0.3) is 0 Å². The van der Waals surface area contributed by atoms with Gasteiger partial charge in [-0.05, 0) is 37.9 Å². The highest BCUT2D eigenvalue weighted by Crippen LogP contribution is 2.23. The summed E-state index contributed by atoms with van der Waals surface area (Å²) in [6.45, 7) is -1.02. The molecule has 1 rings (SSSR count). The van der Waals surface area contributed by atoms with Gasteiger partial charge >= 0.3 is 6.18 Å². The molecule has 0 fully saturated rings. The minimum absolute atomic E-state index is 0.0380. The van der Waals surface area contributed by atoms with E-state index in [0.29, 0.717) is 5.82 Å². The van der Waals surface area contributed by atoms with Gasteiger partial charge in [-0.15, -0.1) is 0 Å². The number of pyridine rings is 1. The number of alkyl halides is 3. The first-order valence-electron chi connectivity index (χ1n) is 4.58. The summed E-state index contributed by atoms with van der Waals surface area (Å²) in [5.41, 5.74) is 0. The quantitative estimate of drug-likeness (QED) is 0.796. The molecule has 1 N–H and O–H groups in total. The molecule has 1 heterocycles. The fraction of sp³-hybridized carbons (Fsp3) is 0.444. The molecule has 1 aromatic rings. The maximum absolute atomic E-state index is 11.7. The van der Waals surface area contributed by atoms with Crippen LogP contribution in [0.5, 0.6) is 0 Å². The van der Waals surface area contributed by atoms with E-state index in [1.165, 1.54) is 0 Å². The Balaban J connectivity index is 2.27. The molecule has 96 valence electrons. The second-order valence-electron chi connectivity index (χ2n) is 3.08. The van der Waals surface area contributed by atoms with E-state index in [0.717, 1.165) is 8.95 Å². The van der Waals surface area contributed by atoms with Gasteiger partial charge in [0, 0.05) is 17.2 Å². The van der Waals surface area contributed by atoms with E-state index in [2.05, 4.69) is 46.9 Å². The van der Waals surface area contributed by atoms with E-state index in [-0.39, 0.29) is 13.2 Å².